The molecule has 7 nitrogen and oxygen atoms in total. The molecule has 2 heterocycles. The van der Waals surface area contributed by atoms with E-state index in [0.29, 0.717) is 17.7 Å². The van der Waals surface area contributed by atoms with Crippen molar-refractivity contribution < 1.29 is 0 Å². The van der Waals surface area contributed by atoms with Crippen LogP contribution in [-0.2, 0) is 0 Å². The number of hydrogen-bond acceptors (Lipinski definition) is 5. The number of aromatic nitrogens is 4. The summed E-state index contributed by atoms with van der Waals surface area (Å²) in [5.74, 6) is 0.777. The van der Waals surface area contributed by atoms with E-state index in [1.54, 1.807) is 6.07 Å². The van der Waals surface area contributed by atoms with Gasteiger partial charge in [0.15, 0.2) is 5.65 Å². The monoisotopic (exact) mass is 262 g/mol. The molecule has 102 valence electrons. The van der Waals surface area contributed by atoms with Crippen molar-refractivity contribution >= 4 is 11.5 Å². The molecule has 0 spiro atoms. The van der Waals surface area contributed by atoms with E-state index in [9.17, 15) is 4.79 Å². The lowest BCUT2D eigenvalue weighted by Crippen LogP contribution is -2.35. The molecule has 0 radical (unpaired) electrons. The Hall–Kier alpha value is -1.89. The SMILES string of the molecule is CNC1CCC(Nc2cc3n[nH]c(=O)n3cn2)CC1. The van der Waals surface area contributed by atoms with Gasteiger partial charge < -0.3 is 10.6 Å². The first kappa shape index (κ1) is 12.2. The zero-order valence-corrected chi connectivity index (χ0v) is 10.9. The first-order valence-electron chi connectivity index (χ1n) is 6.63. The van der Waals surface area contributed by atoms with Crippen LogP contribution in [0.4, 0.5) is 5.82 Å². The van der Waals surface area contributed by atoms with E-state index in [2.05, 4.69) is 25.8 Å². The summed E-state index contributed by atoms with van der Waals surface area (Å²) in [4.78, 5) is 15.6. The van der Waals surface area contributed by atoms with Gasteiger partial charge in [-0.2, -0.15) is 5.10 Å². The molecule has 3 N–H and O–H groups in total. The van der Waals surface area contributed by atoms with Crippen LogP contribution in [0.1, 0.15) is 25.7 Å². The predicted molar refractivity (Wildman–Crippen MR) is 72.3 cm³/mol. The van der Waals surface area contributed by atoms with E-state index in [1.165, 1.54) is 23.6 Å². The van der Waals surface area contributed by atoms with Crippen molar-refractivity contribution in [2.75, 3.05) is 12.4 Å². The van der Waals surface area contributed by atoms with Gasteiger partial charge in [0.1, 0.15) is 12.1 Å². The van der Waals surface area contributed by atoms with E-state index in [4.69, 9.17) is 0 Å². The van der Waals surface area contributed by atoms with Crippen LogP contribution in [0.5, 0.6) is 0 Å². The zero-order valence-electron chi connectivity index (χ0n) is 10.9. The highest BCUT2D eigenvalue weighted by Crippen LogP contribution is 2.21. The average molecular weight is 262 g/mol. The van der Waals surface area contributed by atoms with Crippen LogP contribution in [0.2, 0.25) is 0 Å². The van der Waals surface area contributed by atoms with Crippen molar-refractivity contribution in [1.29, 1.82) is 0 Å². The average Bonchev–Trinajstić information content (AvgIpc) is 2.81. The maximum absolute atomic E-state index is 11.3. The third kappa shape index (κ3) is 2.46. The standard InChI is InChI=1S/C12H18N6O/c1-13-8-2-4-9(5-3-8)15-10-6-11-16-17-12(19)18(11)7-14-10/h6-9,13,15H,2-5H2,1H3,(H,17,19). The summed E-state index contributed by atoms with van der Waals surface area (Å²) in [5, 5.41) is 13.1. The molecule has 0 unspecified atom stereocenters. The second kappa shape index (κ2) is 5.00. The molecular formula is C12H18N6O. The van der Waals surface area contributed by atoms with Crippen molar-refractivity contribution in [2.24, 2.45) is 0 Å². The molecule has 0 saturated heterocycles. The van der Waals surface area contributed by atoms with Crippen LogP contribution >= 0.6 is 0 Å². The predicted octanol–water partition coefficient (Wildman–Crippen LogP) is 0.360. The number of nitrogens with zero attached hydrogens (tertiary/aromatic N) is 3. The van der Waals surface area contributed by atoms with Crippen molar-refractivity contribution in [3.05, 3.63) is 22.9 Å². The number of nitrogens with one attached hydrogen (secondary N) is 3. The lowest BCUT2D eigenvalue weighted by molar-refractivity contribution is 0.371. The van der Waals surface area contributed by atoms with Crippen LogP contribution in [0.25, 0.3) is 5.65 Å². The molecule has 0 aliphatic heterocycles. The Bertz CT molecular complexity index is 610. The first-order chi connectivity index (χ1) is 9.26. The number of aromatic amines is 1. The summed E-state index contributed by atoms with van der Waals surface area (Å²) in [6.07, 6.45) is 6.12. The van der Waals surface area contributed by atoms with Crippen molar-refractivity contribution in [2.45, 2.75) is 37.8 Å². The fourth-order valence-electron chi connectivity index (χ4n) is 2.62. The van der Waals surface area contributed by atoms with Gasteiger partial charge in [-0.05, 0) is 32.7 Å². The lowest BCUT2D eigenvalue weighted by Gasteiger charge is -2.29. The number of H-pyrrole nitrogens is 1. The van der Waals surface area contributed by atoms with Gasteiger partial charge in [-0.15, -0.1) is 0 Å². The molecule has 7 heteroatoms. The molecule has 0 bridgehead atoms. The highest BCUT2D eigenvalue weighted by molar-refractivity contribution is 5.48. The fraction of sp³-hybridized carbons (Fsp3) is 0.583. The Morgan fingerprint density at radius 2 is 2.05 bits per heavy atom. The molecule has 1 aliphatic carbocycles. The molecule has 19 heavy (non-hydrogen) atoms. The van der Waals surface area contributed by atoms with Crippen molar-refractivity contribution in [1.82, 2.24) is 24.9 Å². The van der Waals surface area contributed by atoms with Crippen LogP contribution < -0.4 is 16.3 Å². The van der Waals surface area contributed by atoms with Gasteiger partial charge in [-0.3, -0.25) is 0 Å². The smallest absolute Gasteiger partial charge is 0.348 e. The van der Waals surface area contributed by atoms with Crippen LogP contribution in [0, 0.1) is 0 Å². The topological polar surface area (TPSA) is 87.1 Å². The van der Waals surface area contributed by atoms with Gasteiger partial charge >= 0.3 is 5.69 Å². The summed E-state index contributed by atoms with van der Waals surface area (Å²) >= 11 is 0. The number of hydrogen-bond donors (Lipinski definition) is 3. The normalized spacial score (nSPS) is 23.6. The van der Waals surface area contributed by atoms with Crippen molar-refractivity contribution in [3.63, 3.8) is 0 Å². The van der Waals surface area contributed by atoms with Crippen LogP contribution in [0.15, 0.2) is 17.2 Å². The fourth-order valence-corrected chi connectivity index (χ4v) is 2.62. The molecule has 0 amide bonds. The van der Waals surface area contributed by atoms with E-state index >= 15 is 0 Å². The van der Waals surface area contributed by atoms with Gasteiger partial charge in [0, 0.05) is 18.2 Å². The Morgan fingerprint density at radius 3 is 2.79 bits per heavy atom. The quantitative estimate of drug-likeness (QED) is 0.743. The highest BCUT2D eigenvalue weighted by atomic mass is 16.1. The molecule has 2 aromatic heterocycles. The van der Waals surface area contributed by atoms with E-state index in [0.717, 1.165) is 18.7 Å². The molecule has 2 aromatic rings. The Labute approximate surface area is 110 Å². The van der Waals surface area contributed by atoms with E-state index in [-0.39, 0.29) is 5.69 Å². The molecule has 0 atom stereocenters. The maximum atomic E-state index is 11.3. The van der Waals surface area contributed by atoms with Crippen LogP contribution in [0.3, 0.4) is 0 Å². The summed E-state index contributed by atoms with van der Waals surface area (Å²) in [7, 11) is 2.02. The third-order valence-electron chi connectivity index (χ3n) is 3.80. The maximum Gasteiger partial charge on any atom is 0.348 e. The summed E-state index contributed by atoms with van der Waals surface area (Å²) in [5.41, 5.74) is 0.329. The Kier molecular flexibility index (Phi) is 3.20. The number of anilines is 1. The van der Waals surface area contributed by atoms with E-state index < -0.39 is 0 Å². The number of fused-ring (bicyclic) bond motifs is 1. The van der Waals surface area contributed by atoms with E-state index in [1.807, 2.05) is 7.05 Å². The Morgan fingerprint density at radius 1 is 1.32 bits per heavy atom. The Balaban J connectivity index is 1.70. The second-order valence-corrected chi connectivity index (χ2v) is 5.01. The minimum atomic E-state index is -0.261. The first-order valence-corrected chi connectivity index (χ1v) is 6.63. The second-order valence-electron chi connectivity index (χ2n) is 5.01. The summed E-state index contributed by atoms with van der Waals surface area (Å²) in [6.45, 7) is 0. The minimum Gasteiger partial charge on any atom is -0.367 e. The van der Waals surface area contributed by atoms with Gasteiger partial charge in [0.05, 0.1) is 0 Å². The third-order valence-corrected chi connectivity index (χ3v) is 3.80. The summed E-state index contributed by atoms with van der Waals surface area (Å²) in [6, 6.07) is 2.88. The molecule has 1 saturated carbocycles. The molecule has 1 fully saturated rings. The minimum absolute atomic E-state index is 0.261. The van der Waals surface area contributed by atoms with Gasteiger partial charge in [-0.1, -0.05) is 0 Å². The lowest BCUT2D eigenvalue weighted by atomic mass is 9.91. The number of rotatable bonds is 3. The van der Waals surface area contributed by atoms with Gasteiger partial charge in [0.2, 0.25) is 0 Å². The summed E-state index contributed by atoms with van der Waals surface area (Å²) < 4.78 is 1.39. The zero-order chi connectivity index (χ0) is 13.2. The highest BCUT2D eigenvalue weighted by Gasteiger charge is 2.20. The molecular weight excluding hydrogens is 244 g/mol. The van der Waals surface area contributed by atoms with Gasteiger partial charge in [-0.25, -0.2) is 19.3 Å². The largest absolute Gasteiger partial charge is 0.367 e. The van der Waals surface area contributed by atoms with Crippen LogP contribution in [-0.4, -0.2) is 38.7 Å². The van der Waals surface area contributed by atoms with Gasteiger partial charge in [0.25, 0.3) is 0 Å². The molecule has 1 aliphatic rings. The molecule has 0 aromatic carbocycles. The van der Waals surface area contributed by atoms with Crippen molar-refractivity contribution in [3.8, 4) is 0 Å². The molecule has 3 rings (SSSR count).